The second kappa shape index (κ2) is 3.91. The molecule has 1 saturated heterocycles. The zero-order valence-corrected chi connectivity index (χ0v) is 6.84. The molecule has 1 N–H and O–H groups in total. The van der Waals surface area contributed by atoms with Crippen molar-refractivity contribution in [3.05, 3.63) is 0 Å². The van der Waals surface area contributed by atoms with Crippen LogP contribution >= 0.6 is 0 Å². The number of quaternary nitrogens is 1. The van der Waals surface area contributed by atoms with Gasteiger partial charge in [-0.15, -0.1) is 0 Å². The first-order valence-corrected chi connectivity index (χ1v) is 3.68. The van der Waals surface area contributed by atoms with Gasteiger partial charge in [-0.25, -0.2) is 0 Å². The fourth-order valence-electron chi connectivity index (χ4n) is 1.10. The molecule has 3 nitrogen and oxygen atoms in total. The Labute approximate surface area is 62.5 Å². The van der Waals surface area contributed by atoms with Crippen LogP contribution in [0.4, 0.5) is 0 Å². The Morgan fingerprint density at radius 2 is 1.80 bits per heavy atom. The third-order valence-electron chi connectivity index (χ3n) is 2.31. The van der Waals surface area contributed by atoms with Gasteiger partial charge >= 0.3 is 0 Å². The molecule has 0 unspecified atom stereocenters. The zero-order valence-electron chi connectivity index (χ0n) is 6.84. The summed E-state index contributed by atoms with van der Waals surface area (Å²) in [5.41, 5.74) is 0. The average Bonchev–Trinajstić information content (AvgIpc) is 1.90. The fourth-order valence-corrected chi connectivity index (χ4v) is 1.10. The largest absolute Gasteiger partial charge is 0.870 e. The van der Waals surface area contributed by atoms with Crippen molar-refractivity contribution in [3.63, 3.8) is 0 Å². The first-order valence-electron chi connectivity index (χ1n) is 3.68. The normalized spacial score (nSPS) is 23.4. The lowest BCUT2D eigenvalue weighted by molar-refractivity contribution is -0.915. The van der Waals surface area contributed by atoms with Gasteiger partial charge in [0.15, 0.2) is 0 Å². The van der Waals surface area contributed by atoms with Crippen molar-refractivity contribution in [3.8, 4) is 0 Å². The Morgan fingerprint density at radius 3 is 2.10 bits per heavy atom. The summed E-state index contributed by atoms with van der Waals surface area (Å²) >= 11 is 0. The van der Waals surface area contributed by atoms with Crippen molar-refractivity contribution < 1.29 is 14.7 Å². The summed E-state index contributed by atoms with van der Waals surface area (Å²) in [5.74, 6) is 0. The molecule has 0 bridgehead atoms. The van der Waals surface area contributed by atoms with Gasteiger partial charge in [0.2, 0.25) is 0 Å². The van der Waals surface area contributed by atoms with Crippen molar-refractivity contribution in [1.29, 1.82) is 0 Å². The molecule has 1 aliphatic rings. The summed E-state index contributed by atoms with van der Waals surface area (Å²) in [6.07, 6.45) is 0. The number of nitrogens with zero attached hydrogens (tertiary/aromatic N) is 1. The summed E-state index contributed by atoms with van der Waals surface area (Å²) in [5, 5.41) is 0. The predicted octanol–water partition coefficient (Wildman–Crippen LogP) is 0.306. The van der Waals surface area contributed by atoms with Crippen LogP contribution in [0.3, 0.4) is 0 Å². The molecule has 1 aliphatic heterocycles. The van der Waals surface area contributed by atoms with Crippen molar-refractivity contribution in [2.45, 2.75) is 6.92 Å². The van der Waals surface area contributed by atoms with Gasteiger partial charge in [0.1, 0.15) is 13.1 Å². The van der Waals surface area contributed by atoms with Crippen LogP contribution < -0.4 is 0 Å². The van der Waals surface area contributed by atoms with Gasteiger partial charge in [-0.1, -0.05) is 0 Å². The Bertz CT molecular complexity index is 89.6. The number of hydrogen-bond acceptors (Lipinski definition) is 2. The quantitative estimate of drug-likeness (QED) is 0.501. The van der Waals surface area contributed by atoms with Gasteiger partial charge in [-0.2, -0.15) is 0 Å². The third kappa shape index (κ3) is 2.25. The molecule has 0 aliphatic carbocycles. The molecule has 3 heteroatoms. The molecule has 1 fully saturated rings. The van der Waals surface area contributed by atoms with E-state index < -0.39 is 0 Å². The summed E-state index contributed by atoms with van der Waals surface area (Å²) in [6.45, 7) is 7.76. The molecule has 62 valence electrons. The van der Waals surface area contributed by atoms with E-state index in [9.17, 15) is 0 Å². The van der Waals surface area contributed by atoms with Crippen LogP contribution in [-0.2, 0) is 4.74 Å². The minimum atomic E-state index is 0. The summed E-state index contributed by atoms with van der Waals surface area (Å²) in [7, 11) is 2.29. The lowest BCUT2D eigenvalue weighted by Crippen LogP contribution is -2.51. The summed E-state index contributed by atoms with van der Waals surface area (Å²) in [4.78, 5) is 0. The highest BCUT2D eigenvalue weighted by molar-refractivity contribution is 4.43. The second-order valence-electron chi connectivity index (χ2n) is 3.00. The monoisotopic (exact) mass is 147 g/mol. The number of likely N-dealkylation sites (N-methyl/N-ethyl adjacent to an activating group) is 1. The molecule has 1 heterocycles. The lowest BCUT2D eigenvalue weighted by Gasteiger charge is -2.36. The van der Waals surface area contributed by atoms with Crippen LogP contribution in [0.1, 0.15) is 6.92 Å². The summed E-state index contributed by atoms with van der Waals surface area (Å²) in [6, 6.07) is 0. The molecule has 0 aromatic carbocycles. The van der Waals surface area contributed by atoms with Crippen LogP contribution in [0, 0.1) is 0 Å². The molecule has 0 aromatic heterocycles. The van der Waals surface area contributed by atoms with Gasteiger partial charge in [-0.3, -0.25) is 0 Å². The molecule has 10 heavy (non-hydrogen) atoms. The van der Waals surface area contributed by atoms with E-state index in [1.165, 1.54) is 24.1 Å². The van der Waals surface area contributed by atoms with Crippen LogP contribution in [0.25, 0.3) is 0 Å². The molecule has 0 radical (unpaired) electrons. The maximum atomic E-state index is 5.25. The number of morpholine rings is 1. The minimum absolute atomic E-state index is 0. The highest BCUT2D eigenvalue weighted by atomic mass is 16.5. The molecule has 0 aromatic rings. The Hall–Kier alpha value is -0.120. The Morgan fingerprint density at radius 1 is 1.30 bits per heavy atom. The van der Waals surface area contributed by atoms with Gasteiger partial charge in [0.05, 0.1) is 26.8 Å². The molecule has 0 amide bonds. The lowest BCUT2D eigenvalue weighted by atomic mass is 10.3. The fraction of sp³-hybridized carbons (Fsp3) is 1.00. The smallest absolute Gasteiger partial charge is 0.102 e. The average molecular weight is 147 g/mol. The van der Waals surface area contributed by atoms with Crippen molar-refractivity contribution in [1.82, 2.24) is 0 Å². The van der Waals surface area contributed by atoms with E-state index in [2.05, 4.69) is 14.0 Å². The van der Waals surface area contributed by atoms with E-state index in [-0.39, 0.29) is 5.48 Å². The summed E-state index contributed by atoms with van der Waals surface area (Å²) < 4.78 is 6.45. The van der Waals surface area contributed by atoms with E-state index in [0.29, 0.717) is 0 Å². The Balaban J connectivity index is 0.000000810. The predicted molar refractivity (Wildman–Crippen MR) is 39.2 cm³/mol. The van der Waals surface area contributed by atoms with Crippen LogP contribution in [0.15, 0.2) is 0 Å². The SMILES string of the molecule is CC[N+]1(C)CCOCC1.[OH-]. The molecular weight excluding hydrogens is 130 g/mol. The number of ether oxygens (including phenoxy) is 1. The molecule has 1 rings (SSSR count). The van der Waals surface area contributed by atoms with Gasteiger partial charge < -0.3 is 14.7 Å². The molecule has 0 saturated carbocycles. The maximum absolute atomic E-state index is 5.25. The topological polar surface area (TPSA) is 39.2 Å². The third-order valence-corrected chi connectivity index (χ3v) is 2.31. The number of hydrogen-bond donors (Lipinski definition) is 0. The van der Waals surface area contributed by atoms with Crippen molar-refractivity contribution >= 4 is 0 Å². The molecule has 0 spiro atoms. The van der Waals surface area contributed by atoms with Gasteiger partial charge in [0.25, 0.3) is 0 Å². The van der Waals surface area contributed by atoms with E-state index in [0.717, 1.165) is 13.2 Å². The van der Waals surface area contributed by atoms with E-state index in [4.69, 9.17) is 4.74 Å². The zero-order chi connectivity index (χ0) is 6.74. The van der Waals surface area contributed by atoms with Crippen molar-refractivity contribution in [2.24, 2.45) is 0 Å². The maximum Gasteiger partial charge on any atom is 0.102 e. The standard InChI is InChI=1S/C7H16NO.H2O/c1-3-8(2)4-6-9-7-5-8;/h3-7H2,1-2H3;1H2/q+1;/p-1. The minimum Gasteiger partial charge on any atom is -0.870 e. The highest BCUT2D eigenvalue weighted by Crippen LogP contribution is 2.05. The molecular formula is C7H17NO2. The van der Waals surface area contributed by atoms with Gasteiger partial charge in [-0.05, 0) is 6.92 Å². The first kappa shape index (κ1) is 9.88. The van der Waals surface area contributed by atoms with Crippen molar-refractivity contribution in [2.75, 3.05) is 39.9 Å². The second-order valence-corrected chi connectivity index (χ2v) is 3.00. The van der Waals surface area contributed by atoms with Gasteiger partial charge in [0, 0.05) is 0 Å². The molecule has 0 atom stereocenters. The Kier molecular flexibility index (Phi) is 3.86. The van der Waals surface area contributed by atoms with E-state index in [1.54, 1.807) is 0 Å². The highest BCUT2D eigenvalue weighted by Gasteiger charge is 2.21. The van der Waals surface area contributed by atoms with Crippen LogP contribution in [-0.4, -0.2) is 49.9 Å². The number of rotatable bonds is 1. The van der Waals surface area contributed by atoms with E-state index in [1.807, 2.05) is 0 Å². The van der Waals surface area contributed by atoms with E-state index >= 15 is 0 Å². The van der Waals surface area contributed by atoms with Crippen LogP contribution in [0.5, 0.6) is 0 Å². The van der Waals surface area contributed by atoms with Crippen LogP contribution in [0.2, 0.25) is 0 Å². The first-order chi connectivity index (χ1) is 4.27.